The molecule has 0 aliphatic carbocycles. The number of hydrogen-bond acceptors (Lipinski definition) is 7. The number of nitrogens with two attached hydrogens (primary N) is 1. The first kappa shape index (κ1) is 14.8. The summed E-state index contributed by atoms with van der Waals surface area (Å²) in [6, 6.07) is 3.18. The van der Waals surface area contributed by atoms with Crippen molar-refractivity contribution in [3.05, 3.63) is 35.4 Å². The number of anilines is 2. The van der Waals surface area contributed by atoms with Crippen LogP contribution in [0.2, 0.25) is 0 Å². The predicted octanol–water partition coefficient (Wildman–Crippen LogP) is 0.929. The highest BCUT2D eigenvalue weighted by Gasteiger charge is 2.12. The van der Waals surface area contributed by atoms with Gasteiger partial charge in [-0.15, -0.1) is 10.2 Å². The fraction of sp³-hybridized carbons (Fsp3) is 0.308. The van der Waals surface area contributed by atoms with Gasteiger partial charge < -0.3 is 5.43 Å². The summed E-state index contributed by atoms with van der Waals surface area (Å²) in [5, 5.41) is 10.6. The highest BCUT2D eigenvalue weighted by molar-refractivity contribution is 6.02. The summed E-state index contributed by atoms with van der Waals surface area (Å²) in [6.45, 7) is 3.96. The molecule has 2 aromatic heterocycles. The van der Waals surface area contributed by atoms with Crippen molar-refractivity contribution in [3.63, 3.8) is 0 Å². The van der Waals surface area contributed by atoms with Crippen LogP contribution in [0.3, 0.4) is 0 Å². The normalized spacial score (nSPS) is 10.2. The van der Waals surface area contributed by atoms with E-state index in [2.05, 4.69) is 30.9 Å². The summed E-state index contributed by atoms with van der Waals surface area (Å²) in [7, 11) is 0. The van der Waals surface area contributed by atoms with Crippen LogP contribution in [0.25, 0.3) is 0 Å². The Morgan fingerprint density at radius 1 is 1.24 bits per heavy atom. The summed E-state index contributed by atoms with van der Waals surface area (Å²) in [5.41, 5.74) is 4.92. The number of nitrogens with one attached hydrogen (secondary N) is 2. The molecule has 0 aliphatic heterocycles. The van der Waals surface area contributed by atoms with Crippen LogP contribution in [-0.4, -0.2) is 26.1 Å². The molecule has 1 amide bonds. The predicted molar refractivity (Wildman–Crippen MR) is 78.6 cm³/mol. The van der Waals surface area contributed by atoms with Gasteiger partial charge in [0.1, 0.15) is 5.69 Å². The largest absolute Gasteiger partial charge is 0.324 e. The molecule has 0 aliphatic rings. The Kier molecular flexibility index (Phi) is 4.72. The number of carbonyl (C=O) groups excluding carboxylic acids is 1. The molecule has 110 valence electrons. The van der Waals surface area contributed by atoms with E-state index in [1.807, 2.05) is 13.8 Å². The third-order valence-corrected chi connectivity index (χ3v) is 2.89. The van der Waals surface area contributed by atoms with E-state index in [4.69, 9.17) is 5.84 Å². The lowest BCUT2D eigenvalue weighted by molar-refractivity contribution is 0.102. The van der Waals surface area contributed by atoms with Crippen LogP contribution in [0.5, 0.6) is 0 Å². The van der Waals surface area contributed by atoms with Crippen molar-refractivity contribution in [2.45, 2.75) is 26.7 Å². The molecule has 2 rings (SSSR count). The maximum atomic E-state index is 12.1. The second-order valence-electron chi connectivity index (χ2n) is 4.26. The Hall–Kier alpha value is -2.61. The number of nitrogens with zero attached hydrogens (tertiary/aromatic N) is 4. The van der Waals surface area contributed by atoms with Crippen molar-refractivity contribution in [2.75, 3.05) is 10.7 Å². The van der Waals surface area contributed by atoms with Gasteiger partial charge >= 0.3 is 0 Å². The molecule has 8 nitrogen and oxygen atoms in total. The summed E-state index contributed by atoms with van der Waals surface area (Å²) < 4.78 is 0. The fourth-order valence-electron chi connectivity index (χ4n) is 1.80. The lowest BCUT2D eigenvalue weighted by Gasteiger charge is -2.07. The second kappa shape index (κ2) is 6.71. The van der Waals surface area contributed by atoms with Gasteiger partial charge in [0.05, 0.1) is 17.1 Å². The Balaban J connectivity index is 2.19. The maximum Gasteiger partial charge on any atom is 0.276 e. The van der Waals surface area contributed by atoms with Gasteiger partial charge in [-0.2, -0.15) is 0 Å². The number of aromatic nitrogens is 4. The van der Waals surface area contributed by atoms with Crippen molar-refractivity contribution in [3.8, 4) is 0 Å². The number of hydrazine groups is 1. The van der Waals surface area contributed by atoms with Crippen LogP contribution in [0.4, 0.5) is 11.6 Å². The average Bonchev–Trinajstić information content (AvgIpc) is 2.54. The molecule has 2 aromatic rings. The summed E-state index contributed by atoms with van der Waals surface area (Å²) in [5.74, 6) is 5.05. The van der Waals surface area contributed by atoms with Crippen molar-refractivity contribution < 1.29 is 4.79 Å². The van der Waals surface area contributed by atoms with E-state index in [1.165, 1.54) is 12.3 Å². The molecule has 0 saturated carbocycles. The molecule has 0 bridgehead atoms. The molecule has 0 radical (unpaired) electrons. The highest BCUT2D eigenvalue weighted by Crippen LogP contribution is 2.10. The van der Waals surface area contributed by atoms with Crippen molar-refractivity contribution in [2.24, 2.45) is 5.84 Å². The van der Waals surface area contributed by atoms with Crippen LogP contribution < -0.4 is 16.6 Å². The zero-order valence-corrected chi connectivity index (χ0v) is 11.9. The third kappa shape index (κ3) is 3.48. The Labute approximate surface area is 122 Å². The number of pyridine rings is 1. The SMILES string of the molecule is CCc1nnc(NC(=O)c2cc(NN)ccn2)nc1CC. The van der Waals surface area contributed by atoms with Crippen LogP contribution >= 0.6 is 0 Å². The Bertz CT molecular complexity index is 644. The molecule has 0 unspecified atom stereocenters. The lowest BCUT2D eigenvalue weighted by atomic mass is 10.2. The molecule has 21 heavy (non-hydrogen) atoms. The van der Waals surface area contributed by atoms with Gasteiger partial charge in [-0.3, -0.25) is 20.9 Å². The summed E-state index contributed by atoms with van der Waals surface area (Å²) in [6.07, 6.45) is 2.97. The van der Waals surface area contributed by atoms with E-state index in [1.54, 1.807) is 6.07 Å². The molecule has 4 N–H and O–H groups in total. The average molecular weight is 287 g/mol. The third-order valence-electron chi connectivity index (χ3n) is 2.89. The molecule has 8 heteroatoms. The van der Waals surface area contributed by atoms with Crippen molar-refractivity contribution >= 4 is 17.5 Å². The molecule has 0 fully saturated rings. The zero-order chi connectivity index (χ0) is 15.2. The minimum Gasteiger partial charge on any atom is -0.324 e. The number of carbonyl (C=O) groups is 1. The number of aryl methyl sites for hydroxylation is 2. The smallest absolute Gasteiger partial charge is 0.276 e. The first-order valence-electron chi connectivity index (χ1n) is 6.64. The van der Waals surface area contributed by atoms with Gasteiger partial charge in [-0.25, -0.2) is 4.98 Å². The van der Waals surface area contributed by atoms with E-state index >= 15 is 0 Å². The van der Waals surface area contributed by atoms with Gasteiger partial charge in [0.25, 0.3) is 5.91 Å². The van der Waals surface area contributed by atoms with Crippen LogP contribution in [0.1, 0.15) is 35.7 Å². The monoisotopic (exact) mass is 287 g/mol. The topological polar surface area (TPSA) is 119 Å². The molecule has 0 atom stereocenters. The van der Waals surface area contributed by atoms with Gasteiger partial charge in [0, 0.05) is 6.20 Å². The number of hydrogen-bond donors (Lipinski definition) is 3. The summed E-state index contributed by atoms with van der Waals surface area (Å²) >= 11 is 0. The highest BCUT2D eigenvalue weighted by atomic mass is 16.2. The second-order valence-corrected chi connectivity index (χ2v) is 4.26. The zero-order valence-electron chi connectivity index (χ0n) is 11.9. The van der Waals surface area contributed by atoms with Gasteiger partial charge in [-0.1, -0.05) is 13.8 Å². The van der Waals surface area contributed by atoms with Crippen LogP contribution in [0, 0.1) is 0 Å². The van der Waals surface area contributed by atoms with Crippen LogP contribution in [-0.2, 0) is 12.8 Å². The quantitative estimate of drug-likeness (QED) is 0.552. The van der Waals surface area contributed by atoms with E-state index < -0.39 is 5.91 Å². The fourth-order valence-corrected chi connectivity index (χ4v) is 1.80. The van der Waals surface area contributed by atoms with Crippen LogP contribution in [0.15, 0.2) is 18.3 Å². The Morgan fingerprint density at radius 2 is 2.00 bits per heavy atom. The lowest BCUT2D eigenvalue weighted by Crippen LogP contribution is -2.18. The van der Waals surface area contributed by atoms with Gasteiger partial charge in [0.15, 0.2) is 0 Å². The molecular weight excluding hydrogens is 270 g/mol. The number of nitrogen functional groups attached to an aromatic ring is 1. The van der Waals surface area contributed by atoms with Crippen molar-refractivity contribution in [1.82, 2.24) is 20.2 Å². The number of amides is 1. The van der Waals surface area contributed by atoms with E-state index in [0.29, 0.717) is 5.69 Å². The van der Waals surface area contributed by atoms with E-state index in [-0.39, 0.29) is 11.6 Å². The minimum atomic E-state index is -0.416. The minimum absolute atomic E-state index is 0.168. The standard InChI is InChI=1S/C13H17N7O/c1-3-9-10(4-2)19-20-13(16-9)17-12(21)11-7-8(18-14)5-6-15-11/h5-7H,3-4,14H2,1-2H3,(H,15,18)(H,16,17,20,21). The van der Waals surface area contributed by atoms with E-state index in [0.717, 1.165) is 24.2 Å². The first-order valence-corrected chi connectivity index (χ1v) is 6.64. The molecule has 0 spiro atoms. The maximum absolute atomic E-state index is 12.1. The molecule has 0 aromatic carbocycles. The van der Waals surface area contributed by atoms with Gasteiger partial charge in [0.2, 0.25) is 5.95 Å². The first-order chi connectivity index (χ1) is 10.2. The molecule has 0 saturated heterocycles. The molecule has 2 heterocycles. The Morgan fingerprint density at radius 3 is 2.67 bits per heavy atom. The molecular formula is C13H17N7O. The van der Waals surface area contributed by atoms with E-state index in [9.17, 15) is 4.79 Å². The number of rotatable bonds is 5. The van der Waals surface area contributed by atoms with Crippen molar-refractivity contribution in [1.29, 1.82) is 0 Å². The summed E-state index contributed by atoms with van der Waals surface area (Å²) in [4.78, 5) is 20.4. The van der Waals surface area contributed by atoms with Gasteiger partial charge in [-0.05, 0) is 25.0 Å².